The van der Waals surface area contributed by atoms with Gasteiger partial charge in [0, 0.05) is 12.1 Å². The van der Waals surface area contributed by atoms with Crippen molar-refractivity contribution in [1.29, 1.82) is 0 Å². The van der Waals surface area contributed by atoms with Crippen LogP contribution in [-0.2, 0) is 14.2 Å². The number of amides is 1. The first-order chi connectivity index (χ1) is 10.1. The summed E-state index contributed by atoms with van der Waals surface area (Å²) < 4.78 is 15.8. The summed E-state index contributed by atoms with van der Waals surface area (Å²) in [6.07, 6.45) is -1.27. The third-order valence-corrected chi connectivity index (χ3v) is 3.36. The van der Waals surface area contributed by atoms with Crippen molar-refractivity contribution >= 4 is 12.2 Å². The first-order valence-corrected chi connectivity index (χ1v) is 7.64. The Hall–Kier alpha value is -1.72. The molecule has 0 radical (unpaired) electrons. The summed E-state index contributed by atoms with van der Waals surface area (Å²) in [5.41, 5.74) is 0.970. The summed E-state index contributed by atoms with van der Waals surface area (Å²) in [5, 5.41) is 0. The van der Waals surface area contributed by atoms with E-state index < -0.39 is 30.6 Å². The largest absolute Gasteiger partial charge is 0.509 e. The van der Waals surface area contributed by atoms with Crippen molar-refractivity contribution in [1.82, 2.24) is 4.90 Å². The quantitative estimate of drug-likeness (QED) is 0.587. The molecular formula is C16H27NO5. The minimum Gasteiger partial charge on any atom is -0.438 e. The van der Waals surface area contributed by atoms with Gasteiger partial charge >= 0.3 is 12.2 Å². The predicted octanol–water partition coefficient (Wildman–Crippen LogP) is 3.50. The van der Waals surface area contributed by atoms with E-state index in [1.807, 2.05) is 41.5 Å². The lowest BCUT2D eigenvalue weighted by atomic mass is 10.1. The van der Waals surface area contributed by atoms with Gasteiger partial charge in [-0.15, -0.1) is 0 Å². The van der Waals surface area contributed by atoms with Gasteiger partial charge in [-0.25, -0.2) is 9.59 Å². The molecule has 1 fully saturated rings. The summed E-state index contributed by atoms with van der Waals surface area (Å²) in [6.45, 7) is 13.2. The van der Waals surface area contributed by atoms with Crippen LogP contribution in [0.4, 0.5) is 9.59 Å². The Balaban J connectivity index is 2.92. The summed E-state index contributed by atoms with van der Waals surface area (Å²) >= 11 is 0. The van der Waals surface area contributed by atoms with Crippen LogP contribution < -0.4 is 0 Å². The number of ether oxygens (including phenoxy) is 3. The normalized spacial score (nSPS) is 24.6. The molecule has 22 heavy (non-hydrogen) atoms. The zero-order valence-electron chi connectivity index (χ0n) is 14.5. The first-order valence-electron chi connectivity index (χ1n) is 7.64. The van der Waals surface area contributed by atoms with Gasteiger partial charge in [0.15, 0.2) is 12.2 Å². The fourth-order valence-corrected chi connectivity index (χ4v) is 2.51. The molecule has 126 valence electrons. The number of allylic oxidation sites excluding steroid dienone is 1. The van der Waals surface area contributed by atoms with Crippen LogP contribution in [0, 0.1) is 0 Å². The van der Waals surface area contributed by atoms with Gasteiger partial charge in [0.2, 0.25) is 0 Å². The Morgan fingerprint density at radius 3 is 2.18 bits per heavy atom. The van der Waals surface area contributed by atoms with Crippen molar-refractivity contribution in [3.8, 4) is 0 Å². The van der Waals surface area contributed by atoms with E-state index in [1.165, 1.54) is 0 Å². The molecule has 0 N–H and O–H groups in total. The maximum atomic E-state index is 12.4. The van der Waals surface area contributed by atoms with Gasteiger partial charge < -0.3 is 19.1 Å². The Bertz CT molecular complexity index is 432. The van der Waals surface area contributed by atoms with E-state index >= 15 is 0 Å². The fraction of sp³-hybridized carbons (Fsp3) is 0.750. The highest BCUT2D eigenvalue weighted by molar-refractivity contribution is 5.69. The lowest BCUT2D eigenvalue weighted by Gasteiger charge is -2.37. The van der Waals surface area contributed by atoms with E-state index in [0.29, 0.717) is 0 Å². The van der Waals surface area contributed by atoms with Crippen molar-refractivity contribution in [2.45, 2.75) is 78.9 Å². The monoisotopic (exact) mass is 313 g/mol. The van der Waals surface area contributed by atoms with Crippen LogP contribution in [0.3, 0.4) is 0 Å². The number of carbonyl (C=O) groups is 2. The molecule has 0 aromatic carbocycles. The van der Waals surface area contributed by atoms with Gasteiger partial charge in [0.05, 0.1) is 0 Å². The predicted molar refractivity (Wildman–Crippen MR) is 82.6 cm³/mol. The van der Waals surface area contributed by atoms with Crippen molar-refractivity contribution in [2.75, 3.05) is 0 Å². The SMILES string of the molecule is CC(C)=C[C@@H]1OC(=O)O[C@@H](C)[C@@H]1OC(=O)N(C(C)C)C(C)C. The number of hydrogen-bond acceptors (Lipinski definition) is 5. The molecule has 1 amide bonds. The zero-order chi connectivity index (χ0) is 17.0. The van der Waals surface area contributed by atoms with Crippen LogP contribution in [0.15, 0.2) is 11.6 Å². The minimum absolute atomic E-state index is 0.0109. The lowest BCUT2D eigenvalue weighted by Crippen LogP contribution is -2.52. The van der Waals surface area contributed by atoms with Crippen LogP contribution in [0.5, 0.6) is 0 Å². The third-order valence-electron chi connectivity index (χ3n) is 3.36. The molecule has 0 aliphatic carbocycles. The average Bonchev–Trinajstić information content (AvgIpc) is 2.31. The molecule has 1 heterocycles. The standard InChI is InChI=1S/C16H27NO5/c1-9(2)8-13-14(12(7)20-16(19)21-13)22-15(18)17(10(3)4)11(5)6/h8,10-14H,1-7H3/t12-,13-,14-/m0/s1. The van der Waals surface area contributed by atoms with E-state index in [4.69, 9.17) is 14.2 Å². The first kappa shape index (κ1) is 18.3. The highest BCUT2D eigenvalue weighted by atomic mass is 16.8. The Morgan fingerprint density at radius 2 is 1.73 bits per heavy atom. The number of hydrogen-bond donors (Lipinski definition) is 0. The van der Waals surface area contributed by atoms with Gasteiger partial charge in [-0.2, -0.15) is 0 Å². The Kier molecular flexibility index (Phi) is 6.26. The van der Waals surface area contributed by atoms with E-state index in [-0.39, 0.29) is 12.1 Å². The summed E-state index contributed by atoms with van der Waals surface area (Å²) in [5.74, 6) is 0. The van der Waals surface area contributed by atoms with Gasteiger partial charge in [-0.1, -0.05) is 5.57 Å². The van der Waals surface area contributed by atoms with E-state index in [1.54, 1.807) is 17.9 Å². The average molecular weight is 313 g/mol. The molecule has 0 spiro atoms. The maximum absolute atomic E-state index is 12.4. The van der Waals surface area contributed by atoms with Gasteiger partial charge in [0.1, 0.15) is 6.10 Å². The summed E-state index contributed by atoms with van der Waals surface area (Å²) in [7, 11) is 0. The van der Waals surface area contributed by atoms with Crippen molar-refractivity contribution in [3.63, 3.8) is 0 Å². The zero-order valence-corrected chi connectivity index (χ0v) is 14.5. The smallest absolute Gasteiger partial charge is 0.438 e. The molecular weight excluding hydrogens is 286 g/mol. The van der Waals surface area contributed by atoms with Crippen LogP contribution in [0.2, 0.25) is 0 Å². The molecule has 6 nitrogen and oxygen atoms in total. The minimum atomic E-state index is -0.744. The van der Waals surface area contributed by atoms with E-state index in [0.717, 1.165) is 5.57 Å². The third kappa shape index (κ3) is 4.64. The summed E-state index contributed by atoms with van der Waals surface area (Å²) in [6, 6.07) is 0.0218. The summed E-state index contributed by atoms with van der Waals surface area (Å²) in [4.78, 5) is 25.5. The van der Waals surface area contributed by atoms with Crippen LogP contribution in [0.25, 0.3) is 0 Å². The second kappa shape index (κ2) is 7.51. The molecule has 1 aliphatic heterocycles. The Labute approximate surface area is 132 Å². The second-order valence-electron chi connectivity index (χ2n) is 6.34. The van der Waals surface area contributed by atoms with E-state index in [2.05, 4.69) is 0 Å². The molecule has 0 saturated carbocycles. The van der Waals surface area contributed by atoms with Crippen molar-refractivity contribution in [3.05, 3.63) is 11.6 Å². The molecule has 0 unspecified atom stereocenters. The molecule has 1 aliphatic rings. The Morgan fingerprint density at radius 1 is 1.18 bits per heavy atom. The number of cyclic esters (lactones) is 2. The van der Waals surface area contributed by atoms with Crippen LogP contribution in [0.1, 0.15) is 48.5 Å². The highest BCUT2D eigenvalue weighted by Gasteiger charge is 2.40. The number of nitrogens with zero attached hydrogens (tertiary/aromatic N) is 1. The highest BCUT2D eigenvalue weighted by Crippen LogP contribution is 2.23. The number of carbonyl (C=O) groups excluding carboxylic acids is 2. The fourth-order valence-electron chi connectivity index (χ4n) is 2.51. The van der Waals surface area contributed by atoms with Gasteiger partial charge in [-0.3, -0.25) is 0 Å². The molecule has 0 bridgehead atoms. The van der Waals surface area contributed by atoms with E-state index in [9.17, 15) is 9.59 Å². The molecule has 0 aromatic heterocycles. The molecule has 0 aromatic rings. The molecule has 6 heteroatoms. The van der Waals surface area contributed by atoms with Crippen LogP contribution in [-0.4, -0.2) is 47.5 Å². The molecule has 1 saturated heterocycles. The van der Waals surface area contributed by atoms with Gasteiger partial charge in [0.25, 0.3) is 0 Å². The maximum Gasteiger partial charge on any atom is 0.509 e. The second-order valence-corrected chi connectivity index (χ2v) is 6.34. The topological polar surface area (TPSA) is 65.1 Å². The molecule has 1 rings (SSSR count). The molecule has 3 atom stereocenters. The van der Waals surface area contributed by atoms with Crippen LogP contribution >= 0.6 is 0 Å². The van der Waals surface area contributed by atoms with Gasteiger partial charge in [-0.05, 0) is 54.5 Å². The lowest BCUT2D eigenvalue weighted by molar-refractivity contribution is -0.124. The van der Waals surface area contributed by atoms with Crippen molar-refractivity contribution < 1.29 is 23.8 Å². The number of rotatable bonds is 4. The van der Waals surface area contributed by atoms with Crippen molar-refractivity contribution in [2.24, 2.45) is 0 Å².